The summed E-state index contributed by atoms with van der Waals surface area (Å²) < 4.78 is 0. The van der Waals surface area contributed by atoms with Crippen molar-refractivity contribution in [3.63, 3.8) is 0 Å². The van der Waals surface area contributed by atoms with Crippen LogP contribution < -0.4 is 0 Å². The van der Waals surface area contributed by atoms with Crippen molar-refractivity contribution in [2.45, 2.75) is 41.8 Å². The molecule has 0 unspecified atom stereocenters. The SMILES string of the molecule is C[C@]1(/C=C/Cl)C[C@@](C)(Cl)[C@H](Cl)C[C@@H]1Br. The van der Waals surface area contributed by atoms with E-state index in [1.54, 1.807) is 5.54 Å². The molecule has 0 amide bonds. The molecule has 1 rings (SSSR count). The fourth-order valence-corrected chi connectivity index (χ4v) is 3.79. The average Bonchev–Trinajstić information content (AvgIpc) is 2.01. The van der Waals surface area contributed by atoms with Crippen LogP contribution in [0.1, 0.15) is 26.7 Å². The van der Waals surface area contributed by atoms with Gasteiger partial charge in [-0.3, -0.25) is 0 Å². The van der Waals surface area contributed by atoms with Crippen molar-refractivity contribution in [1.82, 2.24) is 0 Å². The molecule has 1 aliphatic carbocycles. The monoisotopic (exact) mass is 318 g/mol. The Kier molecular flexibility index (Phi) is 4.26. The van der Waals surface area contributed by atoms with Gasteiger partial charge in [0.2, 0.25) is 0 Å². The van der Waals surface area contributed by atoms with E-state index in [0.29, 0.717) is 4.83 Å². The predicted molar refractivity (Wildman–Crippen MR) is 68.9 cm³/mol. The highest BCUT2D eigenvalue weighted by atomic mass is 79.9. The molecule has 0 spiro atoms. The zero-order chi connectivity index (χ0) is 11.0. The van der Waals surface area contributed by atoms with Gasteiger partial charge < -0.3 is 0 Å². The van der Waals surface area contributed by atoms with Crippen LogP contribution in [0.5, 0.6) is 0 Å². The molecule has 0 heterocycles. The first-order valence-electron chi connectivity index (χ1n) is 4.57. The van der Waals surface area contributed by atoms with E-state index >= 15 is 0 Å². The van der Waals surface area contributed by atoms with Crippen molar-refractivity contribution in [3.05, 3.63) is 11.6 Å². The Bertz CT molecular complexity index is 240. The van der Waals surface area contributed by atoms with E-state index < -0.39 is 0 Å². The molecule has 4 heteroatoms. The number of allylic oxidation sites excluding steroid dienone is 1. The molecule has 82 valence electrons. The van der Waals surface area contributed by atoms with E-state index in [9.17, 15) is 0 Å². The van der Waals surface area contributed by atoms with Gasteiger partial charge in [-0.05, 0) is 19.8 Å². The molecular formula is C10H14BrCl3. The van der Waals surface area contributed by atoms with Gasteiger partial charge in [0, 0.05) is 15.8 Å². The fraction of sp³-hybridized carbons (Fsp3) is 0.800. The first-order valence-corrected chi connectivity index (χ1v) is 6.73. The molecule has 0 radical (unpaired) electrons. The zero-order valence-corrected chi connectivity index (χ0v) is 12.1. The van der Waals surface area contributed by atoms with Crippen LogP contribution in [-0.2, 0) is 0 Å². The van der Waals surface area contributed by atoms with Crippen LogP contribution in [0.3, 0.4) is 0 Å². The maximum Gasteiger partial charge on any atom is 0.0590 e. The summed E-state index contributed by atoms with van der Waals surface area (Å²) in [5.74, 6) is 0. The number of hydrogen-bond acceptors (Lipinski definition) is 0. The van der Waals surface area contributed by atoms with Crippen LogP contribution >= 0.6 is 50.7 Å². The number of alkyl halides is 3. The summed E-state index contributed by atoms with van der Waals surface area (Å²) in [7, 11) is 0. The van der Waals surface area contributed by atoms with Crippen molar-refractivity contribution < 1.29 is 0 Å². The van der Waals surface area contributed by atoms with E-state index in [1.807, 2.05) is 13.0 Å². The zero-order valence-electron chi connectivity index (χ0n) is 8.24. The Balaban J connectivity index is 2.89. The lowest BCUT2D eigenvalue weighted by Gasteiger charge is -2.46. The van der Waals surface area contributed by atoms with E-state index in [4.69, 9.17) is 34.8 Å². The number of halogens is 4. The molecule has 1 saturated carbocycles. The average molecular weight is 320 g/mol. The molecule has 0 aromatic carbocycles. The number of rotatable bonds is 1. The molecule has 0 nitrogen and oxygen atoms in total. The van der Waals surface area contributed by atoms with Crippen LogP contribution in [0.4, 0.5) is 0 Å². The minimum atomic E-state index is -0.350. The van der Waals surface area contributed by atoms with Crippen molar-refractivity contribution in [3.8, 4) is 0 Å². The minimum absolute atomic E-state index is 0.00495. The normalized spacial score (nSPS) is 49.9. The largest absolute Gasteiger partial charge is 0.121 e. The summed E-state index contributed by atoms with van der Waals surface area (Å²) in [6, 6.07) is 0. The number of hydrogen-bond donors (Lipinski definition) is 0. The molecule has 0 aromatic heterocycles. The fourth-order valence-electron chi connectivity index (χ4n) is 1.97. The molecule has 0 aromatic rings. The quantitative estimate of drug-likeness (QED) is 0.602. The van der Waals surface area contributed by atoms with Crippen LogP contribution in [-0.4, -0.2) is 15.1 Å². The highest BCUT2D eigenvalue weighted by molar-refractivity contribution is 9.09. The van der Waals surface area contributed by atoms with Gasteiger partial charge >= 0.3 is 0 Å². The summed E-state index contributed by atoms with van der Waals surface area (Å²) in [6.07, 6.45) is 3.69. The molecule has 0 aliphatic heterocycles. The summed E-state index contributed by atoms with van der Waals surface area (Å²) in [6.45, 7) is 4.14. The summed E-state index contributed by atoms with van der Waals surface area (Å²) in [5.41, 5.74) is 1.55. The molecular weight excluding hydrogens is 306 g/mol. The van der Waals surface area contributed by atoms with E-state index in [0.717, 1.165) is 12.8 Å². The predicted octanol–water partition coefficient (Wildman–Crippen LogP) is 4.91. The third-order valence-electron chi connectivity index (χ3n) is 2.95. The Hall–Kier alpha value is 1.09. The van der Waals surface area contributed by atoms with Gasteiger partial charge in [-0.2, -0.15) is 0 Å². The molecule has 0 saturated heterocycles. The van der Waals surface area contributed by atoms with Gasteiger partial charge in [-0.15, -0.1) is 23.2 Å². The molecule has 0 N–H and O–H groups in total. The molecule has 1 aliphatic rings. The van der Waals surface area contributed by atoms with Crippen LogP contribution in [0.2, 0.25) is 0 Å². The lowest BCUT2D eigenvalue weighted by atomic mass is 9.71. The Morgan fingerprint density at radius 1 is 1.43 bits per heavy atom. The lowest BCUT2D eigenvalue weighted by Crippen LogP contribution is -2.46. The smallest absolute Gasteiger partial charge is 0.0590 e. The second-order valence-corrected chi connectivity index (χ2v) is 7.17. The van der Waals surface area contributed by atoms with E-state index in [2.05, 4.69) is 22.9 Å². The summed E-state index contributed by atoms with van der Waals surface area (Å²) >= 11 is 21.9. The summed E-state index contributed by atoms with van der Waals surface area (Å²) in [5, 5.41) is 0.00495. The first kappa shape index (κ1) is 13.2. The van der Waals surface area contributed by atoms with Gasteiger partial charge in [-0.1, -0.05) is 40.5 Å². The Morgan fingerprint density at radius 3 is 2.50 bits per heavy atom. The third-order valence-corrected chi connectivity index (χ3v) is 5.67. The van der Waals surface area contributed by atoms with Crippen LogP contribution in [0, 0.1) is 5.41 Å². The maximum atomic E-state index is 6.38. The van der Waals surface area contributed by atoms with Crippen LogP contribution in [0.25, 0.3) is 0 Å². The molecule has 0 bridgehead atoms. The van der Waals surface area contributed by atoms with Gasteiger partial charge in [0.25, 0.3) is 0 Å². The van der Waals surface area contributed by atoms with Crippen molar-refractivity contribution in [2.75, 3.05) is 0 Å². The van der Waals surface area contributed by atoms with Gasteiger partial charge in [0.15, 0.2) is 0 Å². The highest BCUT2D eigenvalue weighted by Gasteiger charge is 2.47. The minimum Gasteiger partial charge on any atom is -0.121 e. The van der Waals surface area contributed by atoms with Crippen molar-refractivity contribution >= 4 is 50.7 Å². The topological polar surface area (TPSA) is 0 Å². The molecule has 4 atom stereocenters. The van der Waals surface area contributed by atoms with Crippen LogP contribution in [0.15, 0.2) is 11.6 Å². The molecule has 14 heavy (non-hydrogen) atoms. The van der Waals surface area contributed by atoms with Gasteiger partial charge in [0.1, 0.15) is 0 Å². The second-order valence-electron chi connectivity index (χ2n) is 4.42. The van der Waals surface area contributed by atoms with Gasteiger partial charge in [0.05, 0.1) is 10.3 Å². The third kappa shape index (κ3) is 2.61. The Morgan fingerprint density at radius 2 is 2.00 bits per heavy atom. The second kappa shape index (κ2) is 4.53. The summed E-state index contributed by atoms with van der Waals surface area (Å²) in [4.78, 5) is -0.0175. The van der Waals surface area contributed by atoms with E-state index in [1.165, 1.54) is 0 Å². The van der Waals surface area contributed by atoms with Crippen molar-refractivity contribution in [2.24, 2.45) is 5.41 Å². The first-order chi connectivity index (χ1) is 6.32. The standard InChI is InChI=1S/C10H14BrCl3/c1-9(3-4-12)6-10(2,14)8(13)5-7(9)11/h3-4,7-8H,5-6H2,1-2H3/b4-3+/t7-,8+,9-,10+/m0/s1. The van der Waals surface area contributed by atoms with E-state index in [-0.39, 0.29) is 15.7 Å². The highest BCUT2D eigenvalue weighted by Crippen LogP contribution is 2.50. The molecule has 1 fully saturated rings. The maximum absolute atomic E-state index is 6.38. The van der Waals surface area contributed by atoms with Gasteiger partial charge in [-0.25, -0.2) is 0 Å². The Labute approximate surface area is 109 Å². The van der Waals surface area contributed by atoms with Crippen molar-refractivity contribution in [1.29, 1.82) is 0 Å². The lowest BCUT2D eigenvalue weighted by molar-refractivity contribution is 0.260.